The Morgan fingerprint density at radius 1 is 1.44 bits per heavy atom. The molecule has 1 aromatic carbocycles. The predicted octanol–water partition coefficient (Wildman–Crippen LogP) is 3.20. The molecular weight excluding hydrogens is 269 g/mol. The molecule has 0 aliphatic heterocycles. The number of hydrazine groups is 1. The van der Waals surface area contributed by atoms with Gasteiger partial charge in [0.15, 0.2) is 0 Å². The molecule has 3 N–H and O–H groups in total. The van der Waals surface area contributed by atoms with Gasteiger partial charge < -0.3 is 4.74 Å². The summed E-state index contributed by atoms with van der Waals surface area (Å²) in [4.78, 5) is 0. The fraction of sp³-hybridized carbons (Fsp3) is 0.455. The number of benzene rings is 1. The average molecular weight is 283 g/mol. The molecule has 0 heterocycles. The van der Waals surface area contributed by atoms with Crippen molar-refractivity contribution in [2.75, 3.05) is 7.11 Å². The fourth-order valence-electron chi connectivity index (χ4n) is 1.61. The third-order valence-corrected chi connectivity index (χ3v) is 2.72. The van der Waals surface area contributed by atoms with E-state index in [0.29, 0.717) is 16.3 Å². The van der Waals surface area contributed by atoms with Crippen molar-refractivity contribution in [1.29, 1.82) is 0 Å². The van der Waals surface area contributed by atoms with Crippen molar-refractivity contribution in [3.05, 3.63) is 28.8 Å². The van der Waals surface area contributed by atoms with Crippen LogP contribution in [0.2, 0.25) is 5.02 Å². The molecule has 0 amide bonds. The molecule has 1 aromatic rings. The Morgan fingerprint density at radius 2 is 2.11 bits per heavy atom. The van der Waals surface area contributed by atoms with Crippen molar-refractivity contribution < 1.29 is 17.9 Å². The number of hydrogen-bond donors (Lipinski definition) is 2. The van der Waals surface area contributed by atoms with E-state index in [9.17, 15) is 13.2 Å². The van der Waals surface area contributed by atoms with Gasteiger partial charge in [-0.3, -0.25) is 11.3 Å². The zero-order valence-electron chi connectivity index (χ0n) is 9.72. The highest BCUT2D eigenvalue weighted by Gasteiger charge is 2.29. The summed E-state index contributed by atoms with van der Waals surface area (Å²) in [6.07, 6.45) is -5.31. The van der Waals surface area contributed by atoms with Gasteiger partial charge in [0.1, 0.15) is 5.75 Å². The maximum Gasteiger partial charge on any atom is 0.389 e. The second-order valence-corrected chi connectivity index (χ2v) is 4.20. The molecule has 18 heavy (non-hydrogen) atoms. The van der Waals surface area contributed by atoms with E-state index in [0.717, 1.165) is 0 Å². The summed E-state index contributed by atoms with van der Waals surface area (Å²) in [6.45, 7) is 0. The highest BCUT2D eigenvalue weighted by molar-refractivity contribution is 6.30. The smallest absolute Gasteiger partial charge is 0.389 e. The summed E-state index contributed by atoms with van der Waals surface area (Å²) in [5.41, 5.74) is 2.91. The molecule has 0 aliphatic rings. The van der Waals surface area contributed by atoms with E-state index >= 15 is 0 Å². The van der Waals surface area contributed by atoms with Crippen LogP contribution >= 0.6 is 11.6 Å². The summed E-state index contributed by atoms with van der Waals surface area (Å²) in [5.74, 6) is 5.70. The lowest BCUT2D eigenvalue weighted by atomic mass is 10.0. The van der Waals surface area contributed by atoms with Gasteiger partial charge in [0.25, 0.3) is 0 Å². The molecule has 3 nitrogen and oxygen atoms in total. The summed E-state index contributed by atoms with van der Waals surface area (Å²) in [7, 11) is 1.42. The van der Waals surface area contributed by atoms with Gasteiger partial charge in [-0.05, 0) is 18.6 Å². The number of halogens is 4. The number of alkyl halides is 3. The first-order valence-electron chi connectivity index (χ1n) is 5.23. The van der Waals surface area contributed by atoms with Gasteiger partial charge in [0.2, 0.25) is 0 Å². The lowest BCUT2D eigenvalue weighted by Gasteiger charge is -2.20. The topological polar surface area (TPSA) is 47.3 Å². The molecule has 0 radical (unpaired) electrons. The standard InChI is InChI=1S/C11H14ClF3N2O/c1-18-10-6-7(12)2-3-8(10)9(17-16)4-5-11(13,14)15/h2-3,6,9,17H,4-5,16H2,1H3. The van der Waals surface area contributed by atoms with Crippen LogP contribution < -0.4 is 16.0 Å². The molecule has 0 bridgehead atoms. The number of nitrogens with two attached hydrogens (primary N) is 1. The van der Waals surface area contributed by atoms with Crippen LogP contribution in [0.1, 0.15) is 24.4 Å². The first-order chi connectivity index (χ1) is 8.37. The maximum atomic E-state index is 12.2. The molecule has 0 saturated carbocycles. The van der Waals surface area contributed by atoms with E-state index in [1.54, 1.807) is 12.1 Å². The summed E-state index contributed by atoms with van der Waals surface area (Å²) in [5, 5.41) is 0.446. The highest BCUT2D eigenvalue weighted by Crippen LogP contribution is 2.33. The highest BCUT2D eigenvalue weighted by atomic mass is 35.5. The van der Waals surface area contributed by atoms with Crippen molar-refractivity contribution in [2.24, 2.45) is 5.84 Å². The lowest BCUT2D eigenvalue weighted by Crippen LogP contribution is -2.29. The normalized spacial score (nSPS) is 13.4. The molecular formula is C11H14ClF3N2O. The third-order valence-electron chi connectivity index (χ3n) is 2.49. The number of nitrogens with one attached hydrogen (secondary N) is 1. The van der Waals surface area contributed by atoms with E-state index < -0.39 is 18.6 Å². The van der Waals surface area contributed by atoms with Crippen LogP contribution in [0, 0.1) is 0 Å². The molecule has 1 unspecified atom stereocenters. The molecule has 0 saturated heterocycles. The SMILES string of the molecule is COc1cc(Cl)ccc1C(CCC(F)(F)F)NN. The molecule has 7 heteroatoms. The second kappa shape index (κ2) is 6.26. The van der Waals surface area contributed by atoms with Crippen molar-refractivity contribution in [3.8, 4) is 5.75 Å². The first-order valence-corrected chi connectivity index (χ1v) is 5.61. The van der Waals surface area contributed by atoms with Gasteiger partial charge in [0.05, 0.1) is 7.11 Å². The second-order valence-electron chi connectivity index (χ2n) is 3.76. The Balaban J connectivity index is 2.88. The number of methoxy groups -OCH3 is 1. The summed E-state index contributed by atoms with van der Waals surface area (Å²) < 4.78 is 41.7. The Labute approximate surface area is 108 Å². The van der Waals surface area contributed by atoms with Gasteiger partial charge >= 0.3 is 6.18 Å². The molecule has 102 valence electrons. The van der Waals surface area contributed by atoms with Crippen LogP contribution in [0.4, 0.5) is 13.2 Å². The number of rotatable bonds is 5. The van der Waals surface area contributed by atoms with Crippen molar-refractivity contribution in [3.63, 3.8) is 0 Å². The van der Waals surface area contributed by atoms with Crippen LogP contribution in [0.5, 0.6) is 5.75 Å². The summed E-state index contributed by atoms with van der Waals surface area (Å²) >= 11 is 5.78. The minimum absolute atomic E-state index is 0.169. The van der Waals surface area contributed by atoms with Gasteiger partial charge in [-0.25, -0.2) is 0 Å². The number of hydrogen-bond acceptors (Lipinski definition) is 3. The van der Waals surface area contributed by atoms with Gasteiger partial charge in [-0.2, -0.15) is 13.2 Å². The Bertz CT molecular complexity index is 398. The third kappa shape index (κ3) is 4.36. The monoisotopic (exact) mass is 282 g/mol. The zero-order valence-corrected chi connectivity index (χ0v) is 10.5. The molecule has 1 atom stereocenters. The van der Waals surface area contributed by atoms with Crippen LogP contribution in [-0.4, -0.2) is 13.3 Å². The van der Waals surface area contributed by atoms with Crippen molar-refractivity contribution in [1.82, 2.24) is 5.43 Å². The molecule has 0 aliphatic carbocycles. The Kier molecular flexibility index (Phi) is 5.25. The first kappa shape index (κ1) is 15.1. The van der Waals surface area contributed by atoms with E-state index in [1.807, 2.05) is 0 Å². The minimum Gasteiger partial charge on any atom is -0.496 e. The van der Waals surface area contributed by atoms with Crippen LogP contribution in [0.25, 0.3) is 0 Å². The molecule has 0 fully saturated rings. The fourth-order valence-corrected chi connectivity index (χ4v) is 1.77. The maximum absolute atomic E-state index is 12.2. The largest absolute Gasteiger partial charge is 0.496 e. The lowest BCUT2D eigenvalue weighted by molar-refractivity contribution is -0.136. The predicted molar refractivity (Wildman–Crippen MR) is 63.4 cm³/mol. The zero-order chi connectivity index (χ0) is 13.8. The minimum atomic E-state index is -4.21. The van der Waals surface area contributed by atoms with Crippen LogP contribution in [0.3, 0.4) is 0 Å². The Hall–Kier alpha value is -0.980. The van der Waals surface area contributed by atoms with Gasteiger partial charge in [0, 0.05) is 23.0 Å². The van der Waals surface area contributed by atoms with E-state index in [1.165, 1.54) is 13.2 Å². The van der Waals surface area contributed by atoms with Crippen molar-refractivity contribution in [2.45, 2.75) is 25.1 Å². The average Bonchev–Trinajstić information content (AvgIpc) is 2.29. The van der Waals surface area contributed by atoms with Crippen LogP contribution in [-0.2, 0) is 0 Å². The van der Waals surface area contributed by atoms with E-state index in [-0.39, 0.29) is 6.42 Å². The van der Waals surface area contributed by atoms with E-state index in [2.05, 4.69) is 5.43 Å². The molecule has 0 aromatic heterocycles. The van der Waals surface area contributed by atoms with Gasteiger partial charge in [-0.15, -0.1) is 0 Å². The summed E-state index contributed by atoms with van der Waals surface area (Å²) in [6, 6.07) is 4.08. The molecule has 0 spiro atoms. The molecule has 1 rings (SSSR count). The number of ether oxygens (including phenoxy) is 1. The quantitative estimate of drug-likeness (QED) is 0.644. The van der Waals surface area contributed by atoms with Gasteiger partial charge in [-0.1, -0.05) is 17.7 Å². The van der Waals surface area contributed by atoms with Crippen molar-refractivity contribution >= 4 is 11.6 Å². The van der Waals surface area contributed by atoms with Crippen LogP contribution in [0.15, 0.2) is 18.2 Å². The Morgan fingerprint density at radius 3 is 2.61 bits per heavy atom. The van der Waals surface area contributed by atoms with E-state index in [4.69, 9.17) is 22.2 Å².